The molecule has 20 heavy (non-hydrogen) atoms. The number of thiazole rings is 1. The first kappa shape index (κ1) is 13.6. The highest BCUT2D eigenvalue weighted by Crippen LogP contribution is 2.35. The van der Waals surface area contributed by atoms with E-state index in [9.17, 15) is 0 Å². The van der Waals surface area contributed by atoms with Crippen LogP contribution in [0.4, 0.5) is 0 Å². The van der Waals surface area contributed by atoms with E-state index in [1.807, 2.05) is 10.9 Å². The van der Waals surface area contributed by atoms with Gasteiger partial charge in [0.25, 0.3) is 0 Å². The molecule has 1 unspecified atom stereocenters. The third-order valence-corrected chi connectivity index (χ3v) is 4.41. The number of hydrogen-bond donors (Lipinski definition) is 1. The van der Waals surface area contributed by atoms with Gasteiger partial charge in [-0.05, 0) is 43.0 Å². The molecule has 1 aromatic heterocycles. The van der Waals surface area contributed by atoms with Crippen LogP contribution in [0, 0.1) is 0 Å². The van der Waals surface area contributed by atoms with Gasteiger partial charge in [0.1, 0.15) is 12.4 Å². The topological polar surface area (TPSA) is 34.1 Å². The van der Waals surface area contributed by atoms with Crippen molar-refractivity contribution in [2.24, 2.45) is 0 Å². The summed E-state index contributed by atoms with van der Waals surface area (Å²) in [5.74, 6) is 1.03. The Bertz CT molecular complexity index is 554. The summed E-state index contributed by atoms with van der Waals surface area (Å²) in [7, 11) is 0. The van der Waals surface area contributed by atoms with Crippen LogP contribution in [-0.2, 0) is 13.0 Å². The number of fused-ring (bicyclic) bond motifs is 1. The average molecular weight is 288 g/mol. The zero-order chi connectivity index (χ0) is 13.8. The first-order valence-electron chi connectivity index (χ1n) is 7.23. The Kier molecular flexibility index (Phi) is 4.33. The Morgan fingerprint density at radius 1 is 1.45 bits per heavy atom. The highest BCUT2D eigenvalue weighted by Gasteiger charge is 2.22. The quantitative estimate of drug-likeness (QED) is 0.910. The molecule has 3 nitrogen and oxygen atoms in total. The van der Waals surface area contributed by atoms with E-state index in [4.69, 9.17) is 4.74 Å². The fourth-order valence-electron chi connectivity index (χ4n) is 2.87. The Hall–Kier alpha value is -1.39. The Morgan fingerprint density at radius 2 is 2.40 bits per heavy atom. The van der Waals surface area contributed by atoms with Gasteiger partial charge in [-0.1, -0.05) is 19.1 Å². The van der Waals surface area contributed by atoms with Crippen molar-refractivity contribution in [3.05, 3.63) is 45.9 Å². The van der Waals surface area contributed by atoms with Crippen LogP contribution in [0.1, 0.15) is 42.6 Å². The van der Waals surface area contributed by atoms with E-state index in [0.717, 1.165) is 24.4 Å². The molecule has 1 aliphatic rings. The number of hydrogen-bond acceptors (Lipinski definition) is 4. The van der Waals surface area contributed by atoms with Crippen LogP contribution in [0.3, 0.4) is 0 Å². The second-order valence-corrected chi connectivity index (χ2v) is 5.81. The van der Waals surface area contributed by atoms with Crippen LogP contribution in [0.5, 0.6) is 5.75 Å². The summed E-state index contributed by atoms with van der Waals surface area (Å²) in [4.78, 5) is 4.27. The molecule has 0 fully saturated rings. The minimum Gasteiger partial charge on any atom is -0.487 e. The molecule has 0 spiro atoms. The molecule has 0 saturated heterocycles. The summed E-state index contributed by atoms with van der Waals surface area (Å²) in [6.07, 6.45) is 3.56. The SMILES string of the molecule is CCNC1CCCc2c(OCc3cscn3)cccc21. The minimum atomic E-state index is 0.478. The summed E-state index contributed by atoms with van der Waals surface area (Å²) in [6.45, 7) is 3.73. The molecule has 0 radical (unpaired) electrons. The van der Waals surface area contributed by atoms with Gasteiger partial charge in [-0.15, -0.1) is 11.3 Å². The van der Waals surface area contributed by atoms with Crippen molar-refractivity contribution in [3.63, 3.8) is 0 Å². The van der Waals surface area contributed by atoms with Gasteiger partial charge in [0.2, 0.25) is 0 Å². The third-order valence-electron chi connectivity index (χ3n) is 3.77. The first-order valence-corrected chi connectivity index (χ1v) is 8.17. The fraction of sp³-hybridized carbons (Fsp3) is 0.438. The molecule has 1 atom stereocenters. The number of ether oxygens (including phenoxy) is 1. The zero-order valence-corrected chi connectivity index (χ0v) is 12.6. The van der Waals surface area contributed by atoms with Crippen molar-refractivity contribution >= 4 is 11.3 Å². The maximum Gasteiger partial charge on any atom is 0.131 e. The van der Waals surface area contributed by atoms with Gasteiger partial charge in [-0.2, -0.15) is 0 Å². The van der Waals surface area contributed by atoms with Crippen LogP contribution < -0.4 is 10.1 Å². The Morgan fingerprint density at radius 3 is 3.20 bits per heavy atom. The van der Waals surface area contributed by atoms with E-state index in [1.165, 1.54) is 24.0 Å². The standard InChI is InChI=1S/C16H20N2OS/c1-2-17-15-7-3-6-14-13(15)5-4-8-16(14)19-9-12-10-20-11-18-12/h4-5,8,10-11,15,17H,2-3,6-7,9H2,1H3. The van der Waals surface area contributed by atoms with Crippen LogP contribution in [0.25, 0.3) is 0 Å². The predicted molar refractivity (Wildman–Crippen MR) is 82.2 cm³/mol. The molecule has 4 heteroatoms. The largest absolute Gasteiger partial charge is 0.487 e. The fourth-order valence-corrected chi connectivity index (χ4v) is 3.41. The summed E-state index contributed by atoms with van der Waals surface area (Å²) in [6, 6.07) is 6.90. The summed E-state index contributed by atoms with van der Waals surface area (Å²) in [5, 5.41) is 5.61. The lowest BCUT2D eigenvalue weighted by atomic mass is 9.87. The van der Waals surface area contributed by atoms with Crippen LogP contribution in [0.15, 0.2) is 29.1 Å². The molecule has 2 aromatic rings. The van der Waals surface area contributed by atoms with E-state index >= 15 is 0 Å². The van der Waals surface area contributed by atoms with Crippen molar-refractivity contribution in [3.8, 4) is 5.75 Å². The Balaban J connectivity index is 1.80. The van der Waals surface area contributed by atoms with Gasteiger partial charge < -0.3 is 10.1 Å². The molecule has 0 amide bonds. The van der Waals surface area contributed by atoms with Crippen molar-refractivity contribution in [1.29, 1.82) is 0 Å². The molecular formula is C16H20N2OS. The van der Waals surface area contributed by atoms with E-state index < -0.39 is 0 Å². The predicted octanol–water partition coefficient (Wildman–Crippen LogP) is 3.71. The van der Waals surface area contributed by atoms with Crippen LogP contribution in [-0.4, -0.2) is 11.5 Å². The molecule has 0 aliphatic heterocycles. The molecule has 0 saturated carbocycles. The number of aromatic nitrogens is 1. The second-order valence-electron chi connectivity index (χ2n) is 5.09. The van der Waals surface area contributed by atoms with Crippen molar-refractivity contribution in [2.75, 3.05) is 6.54 Å². The van der Waals surface area contributed by atoms with Crippen molar-refractivity contribution in [2.45, 2.75) is 38.8 Å². The maximum absolute atomic E-state index is 5.99. The lowest BCUT2D eigenvalue weighted by Crippen LogP contribution is -2.25. The van der Waals surface area contributed by atoms with Crippen LogP contribution in [0.2, 0.25) is 0 Å². The van der Waals surface area contributed by atoms with Gasteiger partial charge in [0.05, 0.1) is 11.2 Å². The third kappa shape index (κ3) is 2.86. The lowest BCUT2D eigenvalue weighted by Gasteiger charge is -2.27. The zero-order valence-electron chi connectivity index (χ0n) is 11.8. The molecule has 3 rings (SSSR count). The normalized spacial score (nSPS) is 17.8. The van der Waals surface area contributed by atoms with E-state index in [-0.39, 0.29) is 0 Å². The number of rotatable bonds is 5. The van der Waals surface area contributed by atoms with Gasteiger partial charge >= 0.3 is 0 Å². The highest BCUT2D eigenvalue weighted by atomic mass is 32.1. The first-order chi connectivity index (χ1) is 9.88. The number of benzene rings is 1. The van der Waals surface area contributed by atoms with E-state index in [2.05, 4.69) is 35.4 Å². The molecule has 1 aliphatic carbocycles. The minimum absolute atomic E-state index is 0.478. The Labute approximate surface area is 124 Å². The van der Waals surface area contributed by atoms with E-state index in [0.29, 0.717) is 12.6 Å². The maximum atomic E-state index is 5.99. The summed E-state index contributed by atoms with van der Waals surface area (Å²) >= 11 is 1.61. The average Bonchev–Trinajstić information content (AvgIpc) is 2.99. The monoisotopic (exact) mass is 288 g/mol. The van der Waals surface area contributed by atoms with Gasteiger partial charge in [-0.25, -0.2) is 4.98 Å². The highest BCUT2D eigenvalue weighted by molar-refractivity contribution is 7.07. The van der Waals surface area contributed by atoms with Gasteiger partial charge in [0.15, 0.2) is 0 Å². The molecular weight excluding hydrogens is 268 g/mol. The van der Waals surface area contributed by atoms with Crippen molar-refractivity contribution < 1.29 is 4.74 Å². The summed E-state index contributed by atoms with van der Waals surface area (Å²) in [5.41, 5.74) is 5.64. The number of nitrogens with zero attached hydrogens (tertiary/aromatic N) is 1. The van der Waals surface area contributed by atoms with E-state index in [1.54, 1.807) is 11.3 Å². The lowest BCUT2D eigenvalue weighted by molar-refractivity contribution is 0.295. The number of nitrogens with one attached hydrogen (secondary N) is 1. The smallest absolute Gasteiger partial charge is 0.131 e. The molecule has 0 bridgehead atoms. The van der Waals surface area contributed by atoms with Crippen molar-refractivity contribution in [1.82, 2.24) is 10.3 Å². The van der Waals surface area contributed by atoms with Gasteiger partial charge in [0, 0.05) is 11.4 Å². The van der Waals surface area contributed by atoms with Crippen LogP contribution >= 0.6 is 11.3 Å². The molecule has 106 valence electrons. The van der Waals surface area contributed by atoms with Gasteiger partial charge in [-0.3, -0.25) is 0 Å². The molecule has 1 N–H and O–H groups in total. The molecule has 1 aromatic carbocycles. The molecule has 1 heterocycles. The summed E-state index contributed by atoms with van der Waals surface area (Å²) < 4.78 is 5.99. The second kappa shape index (κ2) is 6.37.